The molecule has 0 spiro atoms. The highest BCUT2D eigenvalue weighted by molar-refractivity contribution is 6.30. The van der Waals surface area contributed by atoms with E-state index in [-0.39, 0.29) is 0 Å². The van der Waals surface area contributed by atoms with Gasteiger partial charge in [-0.15, -0.1) is 0 Å². The Labute approximate surface area is 76.6 Å². The molecule has 3 heteroatoms. The second-order valence-corrected chi connectivity index (χ2v) is 2.97. The van der Waals surface area contributed by atoms with Crippen molar-refractivity contribution in [3.8, 4) is 0 Å². The van der Waals surface area contributed by atoms with Gasteiger partial charge in [-0.2, -0.15) is 0 Å². The van der Waals surface area contributed by atoms with Gasteiger partial charge in [0.15, 0.2) is 0 Å². The lowest BCUT2D eigenvalue weighted by atomic mass is 10.1. The van der Waals surface area contributed by atoms with Gasteiger partial charge in [0.1, 0.15) is 11.4 Å². The summed E-state index contributed by atoms with van der Waals surface area (Å²) in [6, 6.07) is 3.81. The fourth-order valence-electron chi connectivity index (χ4n) is 0.955. The molecule has 64 valence electrons. The Bertz CT molecular complexity index is 286. The van der Waals surface area contributed by atoms with Crippen LogP contribution >= 0.6 is 11.6 Å². The monoisotopic (exact) mass is 183 g/mol. The average Bonchev–Trinajstić information content (AvgIpc) is 2.03. The molecular weight excluding hydrogens is 174 g/mol. The van der Waals surface area contributed by atoms with Crippen LogP contribution in [0.3, 0.4) is 0 Å². The zero-order valence-corrected chi connectivity index (χ0v) is 7.64. The summed E-state index contributed by atoms with van der Waals surface area (Å²) >= 11 is 5.84. The number of aldehydes is 1. The molecule has 12 heavy (non-hydrogen) atoms. The Kier molecular flexibility index (Phi) is 3.23. The van der Waals surface area contributed by atoms with Crippen LogP contribution < -0.4 is 0 Å². The van der Waals surface area contributed by atoms with E-state index in [2.05, 4.69) is 4.98 Å². The van der Waals surface area contributed by atoms with Crippen LogP contribution in [-0.2, 0) is 11.2 Å². The van der Waals surface area contributed by atoms with Crippen LogP contribution in [0.15, 0.2) is 12.1 Å². The molecule has 0 saturated heterocycles. The molecule has 0 atom stereocenters. The quantitative estimate of drug-likeness (QED) is 0.531. The Morgan fingerprint density at radius 1 is 1.58 bits per heavy atom. The summed E-state index contributed by atoms with van der Waals surface area (Å²) in [6.07, 6.45) is 2.07. The van der Waals surface area contributed by atoms with Crippen LogP contribution in [0.5, 0.6) is 0 Å². The molecule has 2 nitrogen and oxygen atoms in total. The van der Waals surface area contributed by atoms with Gasteiger partial charge in [-0.1, -0.05) is 17.7 Å². The van der Waals surface area contributed by atoms with Gasteiger partial charge in [0, 0.05) is 12.1 Å². The zero-order valence-electron chi connectivity index (χ0n) is 6.88. The van der Waals surface area contributed by atoms with E-state index >= 15 is 0 Å². The molecule has 1 rings (SSSR count). The first-order valence-corrected chi connectivity index (χ1v) is 4.17. The van der Waals surface area contributed by atoms with Gasteiger partial charge < -0.3 is 4.79 Å². The minimum atomic E-state index is 0.504. The molecular formula is C9H10ClNO. The molecule has 1 aromatic heterocycles. The lowest BCUT2D eigenvalue weighted by molar-refractivity contribution is -0.107. The van der Waals surface area contributed by atoms with Crippen molar-refractivity contribution in [3.63, 3.8) is 0 Å². The molecule has 0 amide bonds. The van der Waals surface area contributed by atoms with Crippen LogP contribution in [0.2, 0.25) is 5.15 Å². The number of hydrogen-bond acceptors (Lipinski definition) is 2. The van der Waals surface area contributed by atoms with E-state index in [0.717, 1.165) is 17.5 Å². The average molecular weight is 184 g/mol. The van der Waals surface area contributed by atoms with Crippen molar-refractivity contribution in [2.45, 2.75) is 19.8 Å². The molecule has 0 saturated carbocycles. The lowest BCUT2D eigenvalue weighted by Crippen LogP contribution is -1.91. The number of carbonyl (C=O) groups is 1. The van der Waals surface area contributed by atoms with E-state index in [9.17, 15) is 4.79 Å². The summed E-state index contributed by atoms with van der Waals surface area (Å²) in [5, 5.41) is 0.511. The smallest absolute Gasteiger partial charge is 0.132 e. The summed E-state index contributed by atoms with van der Waals surface area (Å²) in [6.45, 7) is 1.88. The second-order valence-electron chi connectivity index (χ2n) is 2.61. The van der Waals surface area contributed by atoms with Gasteiger partial charge >= 0.3 is 0 Å². The normalized spacial score (nSPS) is 9.83. The Morgan fingerprint density at radius 3 is 2.92 bits per heavy atom. The van der Waals surface area contributed by atoms with Crippen LogP contribution in [-0.4, -0.2) is 11.3 Å². The summed E-state index contributed by atoms with van der Waals surface area (Å²) < 4.78 is 0. The molecule has 0 aliphatic carbocycles. The first-order valence-electron chi connectivity index (χ1n) is 3.79. The van der Waals surface area contributed by atoms with E-state index in [1.807, 2.05) is 19.1 Å². The maximum absolute atomic E-state index is 10.1. The number of aromatic nitrogens is 1. The standard InChI is InChI=1S/C9H10ClNO/c1-7-4-5-8(3-2-6-12)9(10)11-7/h4-6H,2-3H2,1H3. The first-order chi connectivity index (χ1) is 5.74. The van der Waals surface area contributed by atoms with Crippen molar-refractivity contribution in [2.24, 2.45) is 0 Å². The number of carbonyl (C=O) groups excluding carboxylic acids is 1. The van der Waals surface area contributed by atoms with Gasteiger partial charge in [0.25, 0.3) is 0 Å². The third-order valence-electron chi connectivity index (χ3n) is 1.60. The van der Waals surface area contributed by atoms with Crippen molar-refractivity contribution >= 4 is 17.9 Å². The first kappa shape index (κ1) is 9.20. The van der Waals surface area contributed by atoms with Crippen LogP contribution in [0.1, 0.15) is 17.7 Å². The molecule has 0 aromatic carbocycles. The fraction of sp³-hybridized carbons (Fsp3) is 0.333. The van der Waals surface area contributed by atoms with E-state index in [1.54, 1.807) is 0 Å². The predicted octanol–water partition coefficient (Wildman–Crippen LogP) is 2.17. The largest absolute Gasteiger partial charge is 0.303 e. The highest BCUT2D eigenvalue weighted by atomic mass is 35.5. The molecule has 0 aliphatic rings. The molecule has 0 bridgehead atoms. The van der Waals surface area contributed by atoms with Crippen molar-refractivity contribution in [1.29, 1.82) is 0 Å². The van der Waals surface area contributed by atoms with E-state index in [4.69, 9.17) is 11.6 Å². The number of nitrogens with zero attached hydrogens (tertiary/aromatic N) is 1. The molecule has 0 fully saturated rings. The molecule has 0 unspecified atom stereocenters. The van der Waals surface area contributed by atoms with E-state index < -0.39 is 0 Å². The topological polar surface area (TPSA) is 30.0 Å². The van der Waals surface area contributed by atoms with Crippen LogP contribution in [0.4, 0.5) is 0 Å². The minimum Gasteiger partial charge on any atom is -0.303 e. The molecule has 0 radical (unpaired) electrons. The predicted molar refractivity (Wildman–Crippen MR) is 48.4 cm³/mol. The van der Waals surface area contributed by atoms with Gasteiger partial charge in [0.2, 0.25) is 0 Å². The molecule has 1 aromatic rings. The number of pyridine rings is 1. The van der Waals surface area contributed by atoms with Crippen LogP contribution in [0, 0.1) is 6.92 Å². The number of rotatable bonds is 3. The molecule has 0 N–H and O–H groups in total. The van der Waals surface area contributed by atoms with Crippen molar-refractivity contribution < 1.29 is 4.79 Å². The lowest BCUT2D eigenvalue weighted by Gasteiger charge is -2.00. The highest BCUT2D eigenvalue weighted by Gasteiger charge is 2.00. The summed E-state index contributed by atoms with van der Waals surface area (Å²) in [7, 11) is 0. The Morgan fingerprint density at radius 2 is 2.33 bits per heavy atom. The highest BCUT2D eigenvalue weighted by Crippen LogP contribution is 2.14. The van der Waals surface area contributed by atoms with E-state index in [1.165, 1.54) is 0 Å². The third kappa shape index (κ3) is 2.31. The van der Waals surface area contributed by atoms with Crippen LogP contribution in [0.25, 0.3) is 0 Å². The zero-order chi connectivity index (χ0) is 8.97. The van der Waals surface area contributed by atoms with Gasteiger partial charge in [-0.25, -0.2) is 4.98 Å². The summed E-state index contributed by atoms with van der Waals surface area (Å²) in [5.74, 6) is 0. The van der Waals surface area contributed by atoms with Crippen molar-refractivity contribution in [1.82, 2.24) is 4.98 Å². The number of aryl methyl sites for hydroxylation is 2. The van der Waals surface area contributed by atoms with Gasteiger partial charge in [-0.05, 0) is 25.0 Å². The van der Waals surface area contributed by atoms with Gasteiger partial charge in [-0.3, -0.25) is 0 Å². The number of halogens is 1. The van der Waals surface area contributed by atoms with Gasteiger partial charge in [0.05, 0.1) is 0 Å². The van der Waals surface area contributed by atoms with Crippen molar-refractivity contribution in [3.05, 3.63) is 28.5 Å². The van der Waals surface area contributed by atoms with E-state index in [0.29, 0.717) is 18.0 Å². The Balaban J connectivity index is 2.78. The second kappa shape index (κ2) is 4.21. The molecule has 1 heterocycles. The summed E-state index contributed by atoms with van der Waals surface area (Å²) in [5.41, 5.74) is 1.84. The Hall–Kier alpha value is -0.890. The SMILES string of the molecule is Cc1ccc(CCC=O)c(Cl)n1. The minimum absolute atomic E-state index is 0.504. The third-order valence-corrected chi connectivity index (χ3v) is 1.92. The summed E-state index contributed by atoms with van der Waals surface area (Å²) in [4.78, 5) is 14.2. The molecule has 0 aliphatic heterocycles. The van der Waals surface area contributed by atoms with Crippen molar-refractivity contribution in [2.75, 3.05) is 0 Å². The maximum Gasteiger partial charge on any atom is 0.132 e. The fourth-order valence-corrected chi connectivity index (χ4v) is 1.25. The number of hydrogen-bond donors (Lipinski definition) is 0. The maximum atomic E-state index is 10.1.